The van der Waals surface area contributed by atoms with Gasteiger partial charge in [-0.05, 0) is 39.2 Å². The third-order valence-corrected chi connectivity index (χ3v) is 4.58. The van der Waals surface area contributed by atoms with Crippen LogP contribution in [-0.2, 0) is 14.3 Å². The van der Waals surface area contributed by atoms with E-state index in [-0.39, 0.29) is 29.3 Å². The van der Waals surface area contributed by atoms with Crippen LogP contribution in [-0.4, -0.2) is 68.7 Å². The number of carbonyl (C=O) groups excluding carboxylic acids is 1. The van der Waals surface area contributed by atoms with Crippen LogP contribution < -0.4 is 21.7 Å². The molecule has 1 rings (SSSR count). The maximum atomic E-state index is 12.3. The molecule has 3 atom stereocenters. The van der Waals surface area contributed by atoms with Gasteiger partial charge in [0, 0.05) is 44.7 Å². The number of carbonyl (C=O) groups is 1. The minimum atomic E-state index is -0.547. The highest BCUT2D eigenvalue weighted by Gasteiger charge is 2.25. The van der Waals surface area contributed by atoms with Crippen LogP contribution in [0.15, 0.2) is 11.6 Å². The molecule has 0 aromatic carbocycles. The van der Waals surface area contributed by atoms with E-state index in [1.165, 1.54) is 6.08 Å². The van der Waals surface area contributed by atoms with Crippen molar-refractivity contribution in [2.24, 2.45) is 5.73 Å². The third kappa shape index (κ3) is 8.47. The van der Waals surface area contributed by atoms with Crippen LogP contribution in [0.1, 0.15) is 40.0 Å². The van der Waals surface area contributed by atoms with Crippen LogP contribution in [0.4, 0.5) is 0 Å². The average Bonchev–Trinajstić information content (AvgIpc) is 2.65. The molecule has 0 aliphatic carbocycles. The highest BCUT2D eigenvalue weighted by Crippen LogP contribution is 2.11. The van der Waals surface area contributed by atoms with E-state index in [0.717, 1.165) is 32.5 Å². The molecular weight excluding hydrogens is 360 g/mol. The first kappa shape index (κ1) is 24.2. The fourth-order valence-corrected chi connectivity index (χ4v) is 3.10. The van der Waals surface area contributed by atoms with Gasteiger partial charge in [0.1, 0.15) is 5.84 Å². The molecule has 0 aromatic heterocycles. The Hall–Kier alpha value is -1.81. The minimum Gasteiger partial charge on any atom is -0.381 e. The molecule has 0 bridgehead atoms. The van der Waals surface area contributed by atoms with Crippen LogP contribution in [0.2, 0.25) is 0 Å². The van der Waals surface area contributed by atoms with Crippen molar-refractivity contribution in [3.8, 4) is 0 Å². The summed E-state index contributed by atoms with van der Waals surface area (Å²) in [5.41, 5.74) is 5.86. The second kappa shape index (κ2) is 12.6. The lowest BCUT2D eigenvalue weighted by Crippen LogP contribution is -2.52. The fourth-order valence-electron chi connectivity index (χ4n) is 3.10. The summed E-state index contributed by atoms with van der Waals surface area (Å²) in [5.74, 6) is -0.548. The fraction of sp³-hybridized carbons (Fsp3) is 0.737. The lowest BCUT2D eigenvalue weighted by atomic mass is 10.0. The number of nitrogens with one attached hydrogen (secondary N) is 5. The summed E-state index contributed by atoms with van der Waals surface area (Å²) in [7, 11) is 1.64. The van der Waals surface area contributed by atoms with Crippen LogP contribution in [0.25, 0.3) is 0 Å². The monoisotopic (exact) mass is 396 g/mol. The molecule has 1 heterocycles. The predicted molar refractivity (Wildman–Crippen MR) is 111 cm³/mol. The van der Waals surface area contributed by atoms with Gasteiger partial charge < -0.3 is 36.6 Å². The maximum absolute atomic E-state index is 12.3. The number of methoxy groups -OCH3 is 1. The van der Waals surface area contributed by atoms with Gasteiger partial charge in [-0.25, -0.2) is 0 Å². The first-order chi connectivity index (χ1) is 13.3. The summed E-state index contributed by atoms with van der Waals surface area (Å²) in [6, 6.07) is 0.506. The van der Waals surface area contributed by atoms with E-state index >= 15 is 0 Å². The predicted octanol–water partition coefficient (Wildman–Crippen LogP) is 0.502. The van der Waals surface area contributed by atoms with Crippen molar-refractivity contribution in [1.29, 1.82) is 10.8 Å². The molecule has 28 heavy (non-hydrogen) atoms. The van der Waals surface area contributed by atoms with Crippen molar-refractivity contribution in [3.63, 3.8) is 0 Å². The molecule has 9 heteroatoms. The number of amides is 1. The van der Waals surface area contributed by atoms with E-state index in [2.05, 4.69) is 22.9 Å². The van der Waals surface area contributed by atoms with Crippen molar-refractivity contribution in [1.82, 2.24) is 16.0 Å². The van der Waals surface area contributed by atoms with Crippen molar-refractivity contribution in [3.05, 3.63) is 11.6 Å². The molecule has 1 fully saturated rings. The zero-order valence-corrected chi connectivity index (χ0v) is 17.4. The highest BCUT2D eigenvalue weighted by atomic mass is 16.5. The van der Waals surface area contributed by atoms with E-state index in [9.17, 15) is 4.79 Å². The van der Waals surface area contributed by atoms with Crippen LogP contribution in [0.3, 0.4) is 0 Å². The number of nitrogens with two attached hydrogens (primary N) is 1. The second-order valence-corrected chi connectivity index (χ2v) is 7.10. The molecule has 7 N–H and O–H groups in total. The summed E-state index contributed by atoms with van der Waals surface area (Å²) >= 11 is 0. The Labute approximate surface area is 167 Å². The first-order valence-corrected chi connectivity index (χ1v) is 9.81. The van der Waals surface area contributed by atoms with E-state index in [4.69, 9.17) is 26.0 Å². The van der Waals surface area contributed by atoms with Crippen molar-refractivity contribution in [2.75, 3.05) is 26.9 Å². The summed E-state index contributed by atoms with van der Waals surface area (Å²) in [6.45, 7) is 7.17. The molecular formula is C19H36N6O3. The Morgan fingerprint density at radius 2 is 2.00 bits per heavy atom. The molecule has 0 spiro atoms. The third-order valence-electron chi connectivity index (χ3n) is 4.58. The van der Waals surface area contributed by atoms with Gasteiger partial charge in [0.2, 0.25) is 0 Å². The smallest absolute Gasteiger partial charge is 0.256 e. The SMILES string of the molecule is CC[C@@H](NC1CCOCC1)[C@H](CNC(=N)/C(=C\C(C)=N)C(=O)NC(C)N)OC. The number of amidine groups is 1. The first-order valence-electron chi connectivity index (χ1n) is 9.81. The van der Waals surface area contributed by atoms with Crippen LogP contribution in [0, 0.1) is 10.8 Å². The molecule has 9 nitrogen and oxygen atoms in total. The quantitative estimate of drug-likeness (QED) is 0.130. The maximum Gasteiger partial charge on any atom is 0.256 e. The zero-order valence-electron chi connectivity index (χ0n) is 17.4. The Balaban J connectivity index is 2.72. The lowest BCUT2D eigenvalue weighted by molar-refractivity contribution is -0.117. The molecule has 1 amide bonds. The van der Waals surface area contributed by atoms with Crippen molar-refractivity contribution < 1.29 is 14.3 Å². The van der Waals surface area contributed by atoms with E-state index in [0.29, 0.717) is 12.6 Å². The van der Waals surface area contributed by atoms with Gasteiger partial charge in [-0.2, -0.15) is 0 Å². The number of hydrogen-bond acceptors (Lipinski definition) is 7. The summed E-state index contributed by atoms with van der Waals surface area (Å²) in [5, 5.41) is 25.1. The topological polar surface area (TPSA) is 145 Å². The number of rotatable bonds is 11. The Morgan fingerprint density at radius 3 is 2.50 bits per heavy atom. The normalized spacial score (nSPS) is 18.8. The molecule has 1 aliphatic rings. The minimum absolute atomic E-state index is 0.0623. The summed E-state index contributed by atoms with van der Waals surface area (Å²) < 4.78 is 11.1. The Kier molecular flexibility index (Phi) is 10.9. The molecule has 0 radical (unpaired) electrons. The van der Waals surface area contributed by atoms with Gasteiger partial charge in [-0.1, -0.05) is 6.92 Å². The number of hydrogen-bond donors (Lipinski definition) is 6. The van der Waals surface area contributed by atoms with Gasteiger partial charge in [-0.3, -0.25) is 10.2 Å². The molecule has 160 valence electrons. The van der Waals surface area contributed by atoms with Crippen molar-refractivity contribution in [2.45, 2.75) is 64.4 Å². The molecule has 0 saturated carbocycles. The van der Waals surface area contributed by atoms with Crippen LogP contribution >= 0.6 is 0 Å². The van der Waals surface area contributed by atoms with Gasteiger partial charge in [0.15, 0.2) is 0 Å². The van der Waals surface area contributed by atoms with E-state index < -0.39 is 12.1 Å². The molecule has 0 aromatic rings. The summed E-state index contributed by atoms with van der Waals surface area (Å²) in [4.78, 5) is 12.3. The zero-order chi connectivity index (χ0) is 21.1. The Bertz CT molecular complexity index is 558. The average molecular weight is 397 g/mol. The second-order valence-electron chi connectivity index (χ2n) is 7.10. The standard InChI is InChI=1S/C19H36N6O3/c1-5-16(25-14-6-8-28-9-7-14)17(27-4)11-23-18(22)15(10-12(2)20)19(26)24-13(3)21/h10,13-14,16-17,20,25H,5-9,11,21H2,1-4H3,(H2,22,23)(H,24,26)/b15-10+,20-12?/t13?,16-,17+/m1/s1. The van der Waals surface area contributed by atoms with Gasteiger partial charge >= 0.3 is 0 Å². The largest absolute Gasteiger partial charge is 0.381 e. The molecule has 1 unspecified atom stereocenters. The van der Waals surface area contributed by atoms with Crippen molar-refractivity contribution >= 4 is 17.5 Å². The lowest BCUT2D eigenvalue weighted by Gasteiger charge is -2.32. The van der Waals surface area contributed by atoms with Gasteiger partial charge in [0.05, 0.1) is 17.8 Å². The number of ether oxygens (including phenoxy) is 2. The molecule has 1 aliphatic heterocycles. The Morgan fingerprint density at radius 1 is 1.36 bits per heavy atom. The number of allylic oxidation sites excluding steroid dienone is 1. The summed E-state index contributed by atoms with van der Waals surface area (Å²) in [6.07, 6.45) is 3.45. The molecule has 1 saturated heterocycles. The van der Waals surface area contributed by atoms with Crippen LogP contribution in [0.5, 0.6) is 0 Å². The van der Waals surface area contributed by atoms with Gasteiger partial charge in [0.25, 0.3) is 5.91 Å². The van der Waals surface area contributed by atoms with E-state index in [1.54, 1.807) is 21.0 Å². The van der Waals surface area contributed by atoms with Gasteiger partial charge in [-0.15, -0.1) is 0 Å². The van der Waals surface area contributed by atoms with E-state index in [1.807, 2.05) is 0 Å². The highest BCUT2D eigenvalue weighted by molar-refractivity contribution is 6.22.